The van der Waals surface area contributed by atoms with E-state index < -0.39 is 0 Å². The predicted octanol–water partition coefficient (Wildman–Crippen LogP) is 2.53. The van der Waals surface area contributed by atoms with E-state index in [4.69, 9.17) is 5.73 Å². The predicted molar refractivity (Wildman–Crippen MR) is 75.0 cm³/mol. The molecule has 0 spiro atoms. The van der Waals surface area contributed by atoms with Crippen molar-refractivity contribution < 1.29 is 4.39 Å². The van der Waals surface area contributed by atoms with Crippen molar-refractivity contribution in [2.75, 3.05) is 26.7 Å². The van der Waals surface area contributed by atoms with Crippen LogP contribution in [0.2, 0.25) is 0 Å². The SMILES string of the molecule is CC(C)C(CN)CN(C)CCc1cccc(F)c1. The molecule has 2 nitrogen and oxygen atoms in total. The van der Waals surface area contributed by atoms with Crippen LogP contribution in [-0.4, -0.2) is 31.6 Å². The van der Waals surface area contributed by atoms with E-state index in [1.807, 2.05) is 6.07 Å². The van der Waals surface area contributed by atoms with Gasteiger partial charge in [-0.05, 0) is 49.5 Å². The van der Waals surface area contributed by atoms with Crippen LogP contribution in [0.4, 0.5) is 4.39 Å². The van der Waals surface area contributed by atoms with E-state index in [2.05, 4.69) is 25.8 Å². The summed E-state index contributed by atoms with van der Waals surface area (Å²) in [5, 5.41) is 0. The molecule has 102 valence electrons. The van der Waals surface area contributed by atoms with Gasteiger partial charge in [0.25, 0.3) is 0 Å². The molecule has 0 aliphatic heterocycles. The monoisotopic (exact) mass is 252 g/mol. The molecule has 18 heavy (non-hydrogen) atoms. The molecule has 2 N–H and O–H groups in total. The summed E-state index contributed by atoms with van der Waals surface area (Å²) in [7, 11) is 2.10. The molecule has 0 aliphatic carbocycles. The van der Waals surface area contributed by atoms with Crippen LogP contribution < -0.4 is 5.73 Å². The maximum Gasteiger partial charge on any atom is 0.123 e. The first kappa shape index (κ1) is 15.1. The maximum absolute atomic E-state index is 13.0. The van der Waals surface area contributed by atoms with Gasteiger partial charge in [0.1, 0.15) is 5.82 Å². The smallest absolute Gasteiger partial charge is 0.123 e. The Balaban J connectivity index is 2.39. The molecule has 0 saturated carbocycles. The summed E-state index contributed by atoms with van der Waals surface area (Å²) in [5.74, 6) is 0.978. The topological polar surface area (TPSA) is 29.3 Å². The Kier molecular flexibility index (Phi) is 6.30. The quantitative estimate of drug-likeness (QED) is 0.808. The standard InChI is InChI=1S/C15H25FN2/c1-12(2)14(10-17)11-18(3)8-7-13-5-4-6-15(16)9-13/h4-6,9,12,14H,7-8,10-11,17H2,1-3H3. The Morgan fingerprint density at radius 1 is 1.33 bits per heavy atom. The number of halogens is 1. The number of hydrogen-bond acceptors (Lipinski definition) is 2. The molecule has 0 heterocycles. The van der Waals surface area contributed by atoms with Gasteiger partial charge in [0, 0.05) is 13.1 Å². The van der Waals surface area contributed by atoms with Gasteiger partial charge in [-0.2, -0.15) is 0 Å². The molecule has 3 heteroatoms. The molecular formula is C15H25FN2. The Labute approximate surface area is 110 Å². The molecule has 1 aromatic carbocycles. The third-order valence-corrected chi connectivity index (χ3v) is 3.46. The first-order valence-corrected chi connectivity index (χ1v) is 6.66. The molecule has 0 amide bonds. The van der Waals surface area contributed by atoms with Crippen LogP contribution in [0.15, 0.2) is 24.3 Å². The molecule has 1 rings (SSSR count). The summed E-state index contributed by atoms with van der Waals surface area (Å²) >= 11 is 0. The Hall–Kier alpha value is -0.930. The van der Waals surface area contributed by atoms with Gasteiger partial charge in [-0.15, -0.1) is 0 Å². The lowest BCUT2D eigenvalue weighted by Crippen LogP contribution is -2.34. The minimum absolute atomic E-state index is 0.155. The molecule has 0 aliphatic rings. The molecule has 1 unspecified atom stereocenters. The highest BCUT2D eigenvalue weighted by Crippen LogP contribution is 2.11. The summed E-state index contributed by atoms with van der Waals surface area (Å²) in [6.07, 6.45) is 0.879. The number of rotatable bonds is 7. The van der Waals surface area contributed by atoms with Crippen molar-refractivity contribution in [3.63, 3.8) is 0 Å². The van der Waals surface area contributed by atoms with E-state index in [-0.39, 0.29) is 5.82 Å². The molecular weight excluding hydrogens is 227 g/mol. The van der Waals surface area contributed by atoms with Gasteiger partial charge in [0.2, 0.25) is 0 Å². The van der Waals surface area contributed by atoms with Gasteiger partial charge in [0.05, 0.1) is 0 Å². The molecule has 0 aromatic heterocycles. The van der Waals surface area contributed by atoms with Crippen molar-refractivity contribution in [2.24, 2.45) is 17.6 Å². The minimum Gasteiger partial charge on any atom is -0.330 e. The fraction of sp³-hybridized carbons (Fsp3) is 0.600. The van der Waals surface area contributed by atoms with Crippen molar-refractivity contribution in [3.8, 4) is 0 Å². The molecule has 0 radical (unpaired) electrons. The van der Waals surface area contributed by atoms with E-state index in [1.54, 1.807) is 12.1 Å². The fourth-order valence-electron chi connectivity index (χ4n) is 2.06. The largest absolute Gasteiger partial charge is 0.330 e. The third kappa shape index (κ3) is 5.15. The summed E-state index contributed by atoms with van der Waals surface area (Å²) in [4.78, 5) is 2.28. The summed E-state index contributed by atoms with van der Waals surface area (Å²) in [6, 6.07) is 6.83. The van der Waals surface area contributed by atoms with Crippen LogP contribution in [0.25, 0.3) is 0 Å². The highest BCUT2D eigenvalue weighted by Gasteiger charge is 2.13. The van der Waals surface area contributed by atoms with Gasteiger partial charge in [0.15, 0.2) is 0 Å². The van der Waals surface area contributed by atoms with Crippen molar-refractivity contribution >= 4 is 0 Å². The molecule has 0 bridgehead atoms. The third-order valence-electron chi connectivity index (χ3n) is 3.46. The summed E-state index contributed by atoms with van der Waals surface area (Å²) in [5.41, 5.74) is 6.82. The molecule has 1 aromatic rings. The van der Waals surface area contributed by atoms with Crippen molar-refractivity contribution in [1.29, 1.82) is 0 Å². The molecule has 1 atom stereocenters. The number of nitrogens with two attached hydrogens (primary N) is 1. The van der Waals surface area contributed by atoms with Gasteiger partial charge in [-0.25, -0.2) is 4.39 Å². The second kappa shape index (κ2) is 7.49. The first-order chi connectivity index (χ1) is 8.52. The molecule has 0 saturated heterocycles. The van der Waals surface area contributed by atoms with Crippen LogP contribution in [-0.2, 0) is 6.42 Å². The maximum atomic E-state index is 13.0. The van der Waals surface area contributed by atoms with E-state index in [1.165, 1.54) is 6.07 Å². The normalized spacial score (nSPS) is 13.3. The minimum atomic E-state index is -0.155. The van der Waals surface area contributed by atoms with E-state index in [0.717, 1.165) is 31.6 Å². The van der Waals surface area contributed by atoms with Gasteiger partial charge < -0.3 is 10.6 Å². The lowest BCUT2D eigenvalue weighted by Gasteiger charge is -2.25. The Morgan fingerprint density at radius 2 is 2.06 bits per heavy atom. The second-order valence-electron chi connectivity index (χ2n) is 5.38. The second-order valence-corrected chi connectivity index (χ2v) is 5.38. The fourth-order valence-corrected chi connectivity index (χ4v) is 2.06. The van der Waals surface area contributed by atoms with Crippen LogP contribution >= 0.6 is 0 Å². The van der Waals surface area contributed by atoms with E-state index >= 15 is 0 Å². The number of nitrogens with zero attached hydrogens (tertiary/aromatic N) is 1. The Morgan fingerprint density at radius 3 is 2.61 bits per heavy atom. The van der Waals surface area contributed by atoms with E-state index in [9.17, 15) is 4.39 Å². The summed E-state index contributed by atoms with van der Waals surface area (Å²) < 4.78 is 13.0. The average Bonchev–Trinajstić information content (AvgIpc) is 2.33. The van der Waals surface area contributed by atoms with E-state index in [0.29, 0.717) is 11.8 Å². The van der Waals surface area contributed by atoms with Crippen LogP contribution in [0.5, 0.6) is 0 Å². The average molecular weight is 252 g/mol. The first-order valence-electron chi connectivity index (χ1n) is 6.66. The lowest BCUT2D eigenvalue weighted by molar-refractivity contribution is 0.242. The van der Waals surface area contributed by atoms with Gasteiger partial charge in [-0.1, -0.05) is 26.0 Å². The van der Waals surface area contributed by atoms with Gasteiger partial charge in [-0.3, -0.25) is 0 Å². The Bertz CT molecular complexity index is 352. The van der Waals surface area contributed by atoms with Crippen molar-refractivity contribution in [3.05, 3.63) is 35.6 Å². The highest BCUT2D eigenvalue weighted by atomic mass is 19.1. The van der Waals surface area contributed by atoms with Crippen molar-refractivity contribution in [1.82, 2.24) is 4.90 Å². The number of likely N-dealkylation sites (N-methyl/N-ethyl adjacent to an activating group) is 1. The van der Waals surface area contributed by atoms with Crippen LogP contribution in [0.1, 0.15) is 19.4 Å². The van der Waals surface area contributed by atoms with Gasteiger partial charge >= 0.3 is 0 Å². The van der Waals surface area contributed by atoms with Crippen LogP contribution in [0, 0.1) is 17.7 Å². The zero-order chi connectivity index (χ0) is 13.5. The zero-order valence-corrected chi connectivity index (χ0v) is 11.7. The highest BCUT2D eigenvalue weighted by molar-refractivity contribution is 5.16. The number of benzene rings is 1. The summed E-state index contributed by atoms with van der Waals surface area (Å²) in [6.45, 7) is 7.08. The zero-order valence-electron chi connectivity index (χ0n) is 11.7. The molecule has 0 fully saturated rings. The number of hydrogen-bond donors (Lipinski definition) is 1. The lowest BCUT2D eigenvalue weighted by atomic mass is 9.95. The van der Waals surface area contributed by atoms with Crippen molar-refractivity contribution in [2.45, 2.75) is 20.3 Å². The van der Waals surface area contributed by atoms with Crippen LogP contribution in [0.3, 0.4) is 0 Å².